The number of Topliss-reactive ketones (excluding diaryl/α,β-unsaturated/α-hetero) is 1. The summed E-state index contributed by atoms with van der Waals surface area (Å²) in [6, 6.07) is 0. The topological polar surface area (TPSA) is 17.1 Å². The molecule has 4 spiro atoms. The molecule has 0 amide bonds. The van der Waals surface area contributed by atoms with Gasteiger partial charge in [0.05, 0.1) is 0 Å². The number of allylic oxidation sites excluding steroid dienone is 8. The van der Waals surface area contributed by atoms with Crippen molar-refractivity contribution < 1.29 is 4.79 Å². The van der Waals surface area contributed by atoms with Crippen LogP contribution in [0.5, 0.6) is 0 Å². The van der Waals surface area contributed by atoms with Gasteiger partial charge in [0.2, 0.25) is 0 Å². The number of carbonyl (C=O) groups is 1. The summed E-state index contributed by atoms with van der Waals surface area (Å²) in [4.78, 5) is 12.6. The summed E-state index contributed by atoms with van der Waals surface area (Å²) in [5.74, 6) is 1.99. The molecule has 7 rings (SSSR count). The lowest BCUT2D eigenvalue weighted by Crippen LogP contribution is -2.56. The van der Waals surface area contributed by atoms with Crippen LogP contribution in [0.3, 0.4) is 0 Å². The second-order valence-corrected chi connectivity index (χ2v) is 7.00. The molecule has 0 aliphatic heterocycles. The maximum atomic E-state index is 12.6. The van der Waals surface area contributed by atoms with Crippen LogP contribution in [0, 0.1) is 33.5 Å². The van der Waals surface area contributed by atoms with Crippen LogP contribution < -0.4 is 0 Å². The van der Waals surface area contributed by atoms with E-state index in [4.69, 9.17) is 0 Å². The Labute approximate surface area is 106 Å². The molecular weight excluding hydrogens is 220 g/mol. The van der Waals surface area contributed by atoms with Gasteiger partial charge in [-0.1, -0.05) is 48.6 Å². The lowest BCUT2D eigenvalue weighted by atomic mass is 9.53. The van der Waals surface area contributed by atoms with Crippen molar-refractivity contribution in [3.63, 3.8) is 0 Å². The van der Waals surface area contributed by atoms with Gasteiger partial charge in [-0.25, -0.2) is 0 Å². The van der Waals surface area contributed by atoms with E-state index in [2.05, 4.69) is 48.6 Å². The Morgan fingerprint density at radius 2 is 1.33 bits per heavy atom. The summed E-state index contributed by atoms with van der Waals surface area (Å²) in [6.45, 7) is 0. The molecule has 0 radical (unpaired) electrons. The van der Waals surface area contributed by atoms with E-state index in [0.29, 0.717) is 17.6 Å². The van der Waals surface area contributed by atoms with Crippen LogP contribution in [-0.2, 0) is 4.79 Å². The summed E-state index contributed by atoms with van der Waals surface area (Å²) in [5, 5.41) is 0. The Hall–Kier alpha value is -1.37. The molecule has 0 aromatic rings. The van der Waals surface area contributed by atoms with E-state index in [1.165, 1.54) is 0 Å². The minimum absolute atomic E-state index is 0.0871. The van der Waals surface area contributed by atoms with Crippen molar-refractivity contribution in [2.24, 2.45) is 33.5 Å². The summed E-state index contributed by atoms with van der Waals surface area (Å²) in [5.41, 5.74) is 0.682. The number of ketones is 1. The third-order valence-corrected chi connectivity index (χ3v) is 7.17. The molecule has 2 unspecified atom stereocenters. The van der Waals surface area contributed by atoms with Gasteiger partial charge in [-0.15, -0.1) is 0 Å². The third kappa shape index (κ3) is 0.418. The highest BCUT2D eigenvalue weighted by Gasteiger charge is 3.20. The molecular formula is C17H14O. The van der Waals surface area contributed by atoms with Crippen molar-refractivity contribution >= 4 is 5.78 Å². The zero-order chi connectivity index (χ0) is 11.8. The molecule has 18 heavy (non-hydrogen) atoms. The average Bonchev–Trinajstić information content (AvgIpc) is 3.02. The van der Waals surface area contributed by atoms with Crippen molar-refractivity contribution in [3.8, 4) is 0 Å². The van der Waals surface area contributed by atoms with Crippen LogP contribution in [-0.4, -0.2) is 5.78 Å². The Morgan fingerprint density at radius 1 is 0.833 bits per heavy atom. The Balaban J connectivity index is 1.51. The second kappa shape index (κ2) is 1.93. The molecule has 0 aromatic heterocycles. The Morgan fingerprint density at radius 3 is 1.67 bits per heavy atom. The minimum atomic E-state index is 0.0871. The van der Waals surface area contributed by atoms with Crippen LogP contribution in [0.4, 0.5) is 0 Å². The first-order valence-corrected chi connectivity index (χ1v) is 7.04. The van der Waals surface area contributed by atoms with E-state index in [1.54, 1.807) is 0 Å². The quantitative estimate of drug-likeness (QED) is 0.630. The summed E-state index contributed by atoms with van der Waals surface area (Å²) < 4.78 is 0. The molecule has 1 heteroatoms. The van der Waals surface area contributed by atoms with Crippen LogP contribution in [0.25, 0.3) is 0 Å². The lowest BCUT2D eigenvalue weighted by molar-refractivity contribution is -0.157. The zero-order valence-electron chi connectivity index (χ0n) is 10.1. The van der Waals surface area contributed by atoms with Gasteiger partial charge in [-0.3, -0.25) is 4.79 Å². The normalized spacial score (nSPS) is 66.6. The predicted molar refractivity (Wildman–Crippen MR) is 67.5 cm³/mol. The minimum Gasteiger partial charge on any atom is -0.298 e. The van der Waals surface area contributed by atoms with Crippen LogP contribution >= 0.6 is 0 Å². The highest BCUT2D eigenvalue weighted by atomic mass is 16.1. The number of rotatable bonds is 0. The molecule has 7 aliphatic rings. The summed E-state index contributed by atoms with van der Waals surface area (Å²) >= 11 is 0. The van der Waals surface area contributed by atoms with E-state index in [0.717, 1.165) is 12.8 Å². The number of hydrogen-bond donors (Lipinski definition) is 0. The molecule has 0 heterocycles. The van der Waals surface area contributed by atoms with E-state index in [-0.39, 0.29) is 21.7 Å². The smallest absolute Gasteiger partial charge is 0.148 e. The maximum Gasteiger partial charge on any atom is 0.148 e. The molecule has 0 N–H and O–H groups in total. The first kappa shape index (κ1) is 8.68. The average molecular weight is 234 g/mol. The van der Waals surface area contributed by atoms with E-state index in [9.17, 15) is 4.79 Å². The first-order valence-electron chi connectivity index (χ1n) is 7.04. The molecule has 1 nitrogen and oxygen atoms in total. The SMILES string of the molecule is O=C1C23C(C24C=CC=CC4)C12C3C21C=CC=CC1. The van der Waals surface area contributed by atoms with E-state index >= 15 is 0 Å². The Kier molecular flexibility index (Phi) is 0.931. The summed E-state index contributed by atoms with van der Waals surface area (Å²) in [7, 11) is 0. The van der Waals surface area contributed by atoms with Gasteiger partial charge >= 0.3 is 0 Å². The molecule has 7 aliphatic carbocycles. The van der Waals surface area contributed by atoms with Crippen LogP contribution in [0.15, 0.2) is 48.6 Å². The van der Waals surface area contributed by atoms with Gasteiger partial charge in [-0.2, -0.15) is 0 Å². The number of carbonyl (C=O) groups excluding carboxylic acids is 1. The van der Waals surface area contributed by atoms with Crippen molar-refractivity contribution in [3.05, 3.63) is 48.6 Å². The summed E-state index contributed by atoms with van der Waals surface area (Å²) in [6.07, 6.45) is 20.0. The first-order chi connectivity index (χ1) is 8.80. The van der Waals surface area contributed by atoms with Crippen molar-refractivity contribution in [1.29, 1.82) is 0 Å². The van der Waals surface area contributed by atoms with Crippen molar-refractivity contribution in [2.75, 3.05) is 0 Å². The third-order valence-electron chi connectivity index (χ3n) is 7.17. The standard InChI is InChI=1S/C17H14O/c18-13-16-11(14(16)7-3-1-4-8-14)17(13)12(16)15(17)9-5-2-6-10-15/h1-7,9,11-12H,8,10H2. The van der Waals surface area contributed by atoms with Crippen molar-refractivity contribution in [1.82, 2.24) is 0 Å². The van der Waals surface area contributed by atoms with Crippen LogP contribution in [0.1, 0.15) is 12.8 Å². The van der Waals surface area contributed by atoms with Gasteiger partial charge < -0.3 is 0 Å². The van der Waals surface area contributed by atoms with E-state index in [1.807, 2.05) is 0 Å². The molecule has 5 saturated carbocycles. The highest BCUT2D eigenvalue weighted by molar-refractivity contribution is 6.19. The zero-order valence-corrected chi connectivity index (χ0v) is 10.1. The van der Waals surface area contributed by atoms with Crippen molar-refractivity contribution in [2.45, 2.75) is 12.8 Å². The van der Waals surface area contributed by atoms with Crippen LogP contribution in [0.2, 0.25) is 0 Å². The second-order valence-electron chi connectivity index (χ2n) is 7.00. The lowest BCUT2D eigenvalue weighted by Gasteiger charge is -2.46. The highest BCUT2D eigenvalue weighted by Crippen LogP contribution is 3.16. The fourth-order valence-corrected chi connectivity index (χ4v) is 6.92. The largest absolute Gasteiger partial charge is 0.298 e. The maximum absolute atomic E-state index is 12.6. The molecule has 2 bridgehead atoms. The molecule has 0 aromatic carbocycles. The molecule has 5 fully saturated rings. The van der Waals surface area contributed by atoms with Gasteiger partial charge in [0, 0.05) is 21.7 Å². The fraction of sp³-hybridized carbons (Fsp3) is 0.471. The molecule has 2 atom stereocenters. The Bertz CT molecular complexity index is 597. The van der Waals surface area contributed by atoms with Gasteiger partial charge in [0.25, 0.3) is 0 Å². The fourth-order valence-electron chi connectivity index (χ4n) is 6.92. The van der Waals surface area contributed by atoms with E-state index < -0.39 is 0 Å². The monoisotopic (exact) mass is 234 g/mol. The van der Waals surface area contributed by atoms with Gasteiger partial charge in [-0.05, 0) is 24.7 Å². The van der Waals surface area contributed by atoms with Gasteiger partial charge in [0.15, 0.2) is 0 Å². The van der Waals surface area contributed by atoms with Gasteiger partial charge in [0.1, 0.15) is 5.78 Å². The predicted octanol–water partition coefficient (Wildman–Crippen LogP) is 2.82. The number of hydrogen-bond acceptors (Lipinski definition) is 1. The molecule has 88 valence electrons. The molecule has 0 saturated heterocycles.